The SMILES string of the molecule is Cc1cccc(NC(=O)N(CC2CC2)C2CC2)c1C(=O)O. The van der Waals surface area contributed by atoms with Gasteiger partial charge in [0.25, 0.3) is 0 Å². The number of aryl methyl sites for hydroxylation is 1. The van der Waals surface area contributed by atoms with Crippen LogP contribution >= 0.6 is 0 Å². The molecule has 5 heteroatoms. The lowest BCUT2D eigenvalue weighted by Gasteiger charge is -2.23. The average Bonchev–Trinajstić information content (AvgIpc) is 3.28. The van der Waals surface area contributed by atoms with Crippen molar-refractivity contribution in [3.63, 3.8) is 0 Å². The molecule has 0 atom stereocenters. The largest absolute Gasteiger partial charge is 0.478 e. The zero-order valence-corrected chi connectivity index (χ0v) is 12.1. The number of hydrogen-bond acceptors (Lipinski definition) is 2. The number of carbonyl (C=O) groups excluding carboxylic acids is 1. The second-order valence-corrected chi connectivity index (χ2v) is 6.06. The Kier molecular flexibility index (Phi) is 3.57. The number of carboxylic acid groups (broad SMARTS) is 1. The molecule has 0 aliphatic heterocycles. The number of anilines is 1. The fourth-order valence-electron chi connectivity index (χ4n) is 2.61. The first-order chi connectivity index (χ1) is 10.1. The molecule has 2 fully saturated rings. The van der Waals surface area contributed by atoms with E-state index in [1.165, 1.54) is 12.8 Å². The van der Waals surface area contributed by atoms with Gasteiger partial charge in [-0.25, -0.2) is 9.59 Å². The predicted molar refractivity (Wildman–Crippen MR) is 79.6 cm³/mol. The Labute approximate surface area is 123 Å². The van der Waals surface area contributed by atoms with Gasteiger partial charge in [-0.1, -0.05) is 12.1 Å². The third-order valence-electron chi connectivity index (χ3n) is 4.13. The molecule has 0 aromatic heterocycles. The summed E-state index contributed by atoms with van der Waals surface area (Å²) in [7, 11) is 0. The molecule has 5 nitrogen and oxygen atoms in total. The lowest BCUT2D eigenvalue weighted by atomic mass is 10.1. The van der Waals surface area contributed by atoms with Crippen LogP contribution in [0.4, 0.5) is 10.5 Å². The molecule has 112 valence electrons. The van der Waals surface area contributed by atoms with Crippen LogP contribution in [-0.2, 0) is 0 Å². The number of nitrogens with one attached hydrogen (secondary N) is 1. The smallest absolute Gasteiger partial charge is 0.338 e. The molecule has 21 heavy (non-hydrogen) atoms. The fourth-order valence-corrected chi connectivity index (χ4v) is 2.61. The minimum absolute atomic E-state index is 0.169. The van der Waals surface area contributed by atoms with Gasteiger partial charge in [0.2, 0.25) is 0 Å². The highest BCUT2D eigenvalue weighted by Gasteiger charge is 2.36. The second kappa shape index (κ2) is 5.39. The van der Waals surface area contributed by atoms with Crippen molar-refractivity contribution in [2.24, 2.45) is 5.92 Å². The number of hydrogen-bond donors (Lipinski definition) is 2. The number of rotatable bonds is 5. The first-order valence-electron chi connectivity index (χ1n) is 7.47. The van der Waals surface area contributed by atoms with Crippen LogP contribution in [0.1, 0.15) is 41.6 Å². The Morgan fingerprint density at radius 3 is 2.57 bits per heavy atom. The zero-order chi connectivity index (χ0) is 15.0. The summed E-state index contributed by atoms with van der Waals surface area (Å²) in [5.41, 5.74) is 1.21. The van der Waals surface area contributed by atoms with Crippen LogP contribution in [0, 0.1) is 12.8 Å². The fraction of sp³-hybridized carbons (Fsp3) is 0.500. The van der Waals surface area contributed by atoms with E-state index in [9.17, 15) is 14.7 Å². The van der Waals surface area contributed by atoms with Gasteiger partial charge >= 0.3 is 12.0 Å². The maximum Gasteiger partial charge on any atom is 0.338 e. The first-order valence-corrected chi connectivity index (χ1v) is 7.47. The van der Waals surface area contributed by atoms with E-state index in [-0.39, 0.29) is 11.6 Å². The van der Waals surface area contributed by atoms with Crippen molar-refractivity contribution in [3.8, 4) is 0 Å². The highest BCUT2D eigenvalue weighted by molar-refractivity contribution is 6.01. The summed E-state index contributed by atoms with van der Waals surface area (Å²) in [6.45, 7) is 2.53. The van der Waals surface area contributed by atoms with Crippen molar-refractivity contribution in [1.29, 1.82) is 0 Å². The Balaban J connectivity index is 1.77. The summed E-state index contributed by atoms with van der Waals surface area (Å²) in [6.07, 6.45) is 4.50. The molecule has 1 aromatic rings. The summed E-state index contributed by atoms with van der Waals surface area (Å²) >= 11 is 0. The van der Waals surface area contributed by atoms with Crippen LogP contribution in [-0.4, -0.2) is 34.6 Å². The first kappa shape index (κ1) is 13.9. The molecule has 0 radical (unpaired) electrons. The average molecular weight is 288 g/mol. The third-order valence-corrected chi connectivity index (χ3v) is 4.13. The van der Waals surface area contributed by atoms with Crippen LogP contribution in [0.2, 0.25) is 0 Å². The van der Waals surface area contributed by atoms with Crippen molar-refractivity contribution < 1.29 is 14.7 Å². The normalized spacial score (nSPS) is 17.4. The van der Waals surface area contributed by atoms with Gasteiger partial charge < -0.3 is 15.3 Å². The lowest BCUT2D eigenvalue weighted by molar-refractivity contribution is 0.0697. The molecule has 2 N–H and O–H groups in total. The van der Waals surface area contributed by atoms with Gasteiger partial charge in [-0.3, -0.25) is 0 Å². The highest BCUT2D eigenvalue weighted by atomic mass is 16.4. The van der Waals surface area contributed by atoms with Crippen molar-refractivity contribution >= 4 is 17.7 Å². The molecule has 0 heterocycles. The van der Waals surface area contributed by atoms with Crippen molar-refractivity contribution in [2.75, 3.05) is 11.9 Å². The lowest BCUT2D eigenvalue weighted by Crippen LogP contribution is -2.38. The number of urea groups is 1. The Hall–Kier alpha value is -2.04. The maximum absolute atomic E-state index is 12.5. The monoisotopic (exact) mass is 288 g/mol. The van der Waals surface area contributed by atoms with Gasteiger partial charge in [0.1, 0.15) is 0 Å². The summed E-state index contributed by atoms with van der Waals surface area (Å²) in [6, 6.07) is 5.32. The van der Waals surface area contributed by atoms with Gasteiger partial charge in [-0.15, -0.1) is 0 Å². The number of carbonyl (C=O) groups is 2. The Morgan fingerprint density at radius 1 is 1.29 bits per heavy atom. The number of nitrogens with zero attached hydrogens (tertiary/aromatic N) is 1. The van der Waals surface area contributed by atoms with Crippen molar-refractivity contribution in [3.05, 3.63) is 29.3 Å². The topological polar surface area (TPSA) is 69.6 Å². The molecule has 2 aliphatic rings. The molecule has 2 saturated carbocycles. The van der Waals surface area contributed by atoms with Gasteiger partial charge in [0, 0.05) is 12.6 Å². The predicted octanol–water partition coefficient (Wildman–Crippen LogP) is 3.10. The van der Waals surface area contributed by atoms with Crippen LogP contribution in [0.15, 0.2) is 18.2 Å². The highest BCUT2D eigenvalue weighted by Crippen LogP contribution is 2.35. The molecule has 3 rings (SSSR count). The van der Waals surface area contributed by atoms with Crippen LogP contribution < -0.4 is 5.32 Å². The van der Waals surface area contributed by atoms with Crippen LogP contribution in [0.3, 0.4) is 0 Å². The summed E-state index contributed by atoms with van der Waals surface area (Å²) < 4.78 is 0. The summed E-state index contributed by atoms with van der Waals surface area (Å²) in [5.74, 6) is -0.378. The van der Waals surface area contributed by atoms with Gasteiger partial charge in [-0.05, 0) is 50.2 Å². The van der Waals surface area contributed by atoms with Crippen molar-refractivity contribution in [2.45, 2.75) is 38.6 Å². The summed E-state index contributed by atoms with van der Waals surface area (Å²) in [4.78, 5) is 25.7. The minimum atomic E-state index is -1.01. The quantitative estimate of drug-likeness (QED) is 0.874. The Morgan fingerprint density at radius 2 is 2.00 bits per heavy atom. The number of aromatic carboxylic acids is 1. The van der Waals surface area contributed by atoms with E-state index in [0.717, 1.165) is 19.4 Å². The van der Waals surface area contributed by atoms with E-state index >= 15 is 0 Å². The molecule has 0 unspecified atom stereocenters. The minimum Gasteiger partial charge on any atom is -0.478 e. The van der Waals surface area contributed by atoms with E-state index < -0.39 is 5.97 Å². The van der Waals surface area contributed by atoms with Gasteiger partial charge in [0.05, 0.1) is 11.3 Å². The third kappa shape index (κ3) is 3.17. The number of amides is 2. The zero-order valence-electron chi connectivity index (χ0n) is 12.1. The molecule has 0 spiro atoms. The molecule has 2 amide bonds. The standard InChI is InChI=1S/C16H20N2O3/c1-10-3-2-4-13(14(10)15(19)20)17-16(21)18(12-7-8-12)9-11-5-6-11/h2-4,11-12H,5-9H2,1H3,(H,17,21)(H,19,20). The van der Waals surface area contributed by atoms with Gasteiger partial charge in [0.15, 0.2) is 0 Å². The van der Waals surface area contributed by atoms with E-state index in [0.29, 0.717) is 23.2 Å². The molecule has 2 aliphatic carbocycles. The number of carboxylic acids is 1. The molecule has 0 saturated heterocycles. The van der Waals surface area contributed by atoms with E-state index in [1.807, 2.05) is 4.90 Å². The van der Waals surface area contributed by atoms with E-state index in [1.54, 1.807) is 25.1 Å². The van der Waals surface area contributed by atoms with Gasteiger partial charge in [-0.2, -0.15) is 0 Å². The maximum atomic E-state index is 12.5. The molecule has 0 bridgehead atoms. The second-order valence-electron chi connectivity index (χ2n) is 6.06. The summed E-state index contributed by atoms with van der Waals surface area (Å²) in [5, 5.41) is 12.1. The number of benzene rings is 1. The van der Waals surface area contributed by atoms with E-state index in [4.69, 9.17) is 0 Å². The molecular weight excluding hydrogens is 268 g/mol. The van der Waals surface area contributed by atoms with Crippen LogP contribution in [0.25, 0.3) is 0 Å². The Bertz CT molecular complexity index is 577. The van der Waals surface area contributed by atoms with Crippen molar-refractivity contribution in [1.82, 2.24) is 4.90 Å². The van der Waals surface area contributed by atoms with Crippen LogP contribution in [0.5, 0.6) is 0 Å². The van der Waals surface area contributed by atoms with E-state index in [2.05, 4.69) is 5.32 Å². The molecule has 1 aromatic carbocycles. The molecular formula is C16H20N2O3.